The fraction of sp³-hybridized carbons (Fsp3) is 0.150. The number of carbonyl (C=O) groups is 2. The Bertz CT molecular complexity index is 1040. The number of carbonyl (C=O) groups excluding carboxylic acids is 2. The average Bonchev–Trinajstić information content (AvgIpc) is 2.66. The fourth-order valence-electron chi connectivity index (χ4n) is 2.72. The lowest BCUT2D eigenvalue weighted by Crippen LogP contribution is -2.21. The number of esters is 2. The molecule has 0 radical (unpaired) electrons. The van der Waals surface area contributed by atoms with E-state index in [2.05, 4.69) is 4.98 Å². The van der Waals surface area contributed by atoms with Crippen molar-refractivity contribution >= 4 is 46.0 Å². The Morgan fingerprint density at radius 3 is 2.59 bits per heavy atom. The zero-order valence-electron chi connectivity index (χ0n) is 14.5. The highest BCUT2D eigenvalue weighted by atomic mass is 35.5. The van der Waals surface area contributed by atoms with E-state index in [9.17, 15) is 9.59 Å². The smallest absolute Gasteiger partial charge is 0.352 e. The predicted molar refractivity (Wildman–Crippen MR) is 103 cm³/mol. The van der Waals surface area contributed by atoms with Crippen LogP contribution < -0.4 is 0 Å². The van der Waals surface area contributed by atoms with Gasteiger partial charge in [0.2, 0.25) is 6.10 Å². The zero-order chi connectivity index (χ0) is 19.6. The van der Waals surface area contributed by atoms with Crippen LogP contribution in [-0.4, -0.2) is 24.0 Å². The summed E-state index contributed by atoms with van der Waals surface area (Å²) < 4.78 is 10.3. The maximum Gasteiger partial charge on any atom is 0.352 e. The van der Waals surface area contributed by atoms with Crippen LogP contribution in [0, 0.1) is 6.92 Å². The summed E-state index contributed by atoms with van der Waals surface area (Å²) >= 11 is 12.1. The van der Waals surface area contributed by atoms with Gasteiger partial charge in [-0.25, -0.2) is 9.59 Å². The summed E-state index contributed by atoms with van der Waals surface area (Å²) in [7, 11) is 1.21. The van der Waals surface area contributed by atoms with Crippen LogP contribution in [0.3, 0.4) is 0 Å². The van der Waals surface area contributed by atoms with Crippen LogP contribution in [-0.2, 0) is 14.3 Å². The van der Waals surface area contributed by atoms with Crippen molar-refractivity contribution in [1.82, 2.24) is 4.98 Å². The molecule has 0 saturated heterocycles. The van der Waals surface area contributed by atoms with Crippen LogP contribution >= 0.6 is 23.2 Å². The molecule has 0 aliphatic rings. The van der Waals surface area contributed by atoms with Crippen molar-refractivity contribution < 1.29 is 19.1 Å². The Balaban J connectivity index is 2.01. The molecule has 7 heteroatoms. The minimum absolute atomic E-state index is 0.195. The molecule has 27 heavy (non-hydrogen) atoms. The molecule has 1 heterocycles. The molecule has 0 fully saturated rings. The van der Waals surface area contributed by atoms with Crippen molar-refractivity contribution in [2.24, 2.45) is 0 Å². The number of ether oxygens (including phenoxy) is 2. The highest BCUT2D eigenvalue weighted by Crippen LogP contribution is 2.31. The second-order valence-electron chi connectivity index (χ2n) is 5.80. The summed E-state index contributed by atoms with van der Waals surface area (Å²) in [5.41, 5.74) is 2.19. The van der Waals surface area contributed by atoms with Gasteiger partial charge in [-0.05, 0) is 36.8 Å². The van der Waals surface area contributed by atoms with Crippen molar-refractivity contribution in [3.8, 4) is 0 Å². The van der Waals surface area contributed by atoms with Crippen LogP contribution in [0.15, 0.2) is 48.7 Å². The first-order valence-corrected chi connectivity index (χ1v) is 8.76. The van der Waals surface area contributed by atoms with Crippen molar-refractivity contribution in [3.63, 3.8) is 0 Å². The lowest BCUT2D eigenvalue weighted by Gasteiger charge is -2.18. The van der Waals surface area contributed by atoms with Crippen LogP contribution in [0.4, 0.5) is 0 Å². The fourth-order valence-corrected chi connectivity index (χ4v) is 3.23. The van der Waals surface area contributed by atoms with Crippen molar-refractivity contribution in [3.05, 3.63) is 75.4 Å². The minimum Gasteiger partial charge on any atom is -0.466 e. The second kappa shape index (κ2) is 7.94. The topological polar surface area (TPSA) is 65.5 Å². The van der Waals surface area contributed by atoms with E-state index in [0.29, 0.717) is 21.5 Å². The molecule has 1 unspecified atom stereocenters. The lowest BCUT2D eigenvalue weighted by molar-refractivity contribution is -0.151. The monoisotopic (exact) mass is 403 g/mol. The van der Waals surface area contributed by atoms with Gasteiger partial charge >= 0.3 is 11.9 Å². The van der Waals surface area contributed by atoms with E-state index < -0.39 is 18.0 Å². The number of hydrogen-bond acceptors (Lipinski definition) is 5. The van der Waals surface area contributed by atoms with Crippen LogP contribution in [0.25, 0.3) is 10.9 Å². The quantitative estimate of drug-likeness (QED) is 0.578. The molecule has 1 aromatic heterocycles. The molecule has 1 atom stereocenters. The Hall–Kier alpha value is -2.63. The third-order valence-corrected chi connectivity index (χ3v) is 4.64. The summed E-state index contributed by atoms with van der Waals surface area (Å²) in [4.78, 5) is 29.4. The molecule has 0 saturated carbocycles. The number of aryl methyl sites for hydroxylation is 1. The van der Waals surface area contributed by atoms with Gasteiger partial charge in [0.15, 0.2) is 0 Å². The van der Waals surface area contributed by atoms with Crippen molar-refractivity contribution in [1.29, 1.82) is 0 Å². The number of aromatic nitrogens is 1. The van der Waals surface area contributed by atoms with E-state index in [0.717, 1.165) is 5.56 Å². The zero-order valence-corrected chi connectivity index (χ0v) is 16.0. The number of hydrogen-bond donors (Lipinski definition) is 0. The standard InChI is InChI=1S/C20H15Cl2NO4/c1-11-5-7-14(13-4-3-9-23-17(11)13)19(24)27-18(20(25)26-2)15-8-6-12(21)10-16(15)22/h3-10,18H,1-2H3. The second-order valence-corrected chi connectivity index (χ2v) is 6.65. The van der Waals surface area contributed by atoms with Crippen LogP contribution in [0.1, 0.15) is 27.6 Å². The van der Waals surface area contributed by atoms with E-state index in [1.165, 1.54) is 19.2 Å². The number of benzene rings is 2. The number of pyridine rings is 1. The van der Waals surface area contributed by atoms with E-state index >= 15 is 0 Å². The first-order valence-electron chi connectivity index (χ1n) is 8.00. The predicted octanol–water partition coefficient (Wildman–Crippen LogP) is 4.92. The van der Waals surface area contributed by atoms with Gasteiger partial charge in [0.25, 0.3) is 0 Å². The summed E-state index contributed by atoms with van der Waals surface area (Å²) in [6, 6.07) is 11.5. The van der Waals surface area contributed by atoms with Gasteiger partial charge < -0.3 is 9.47 Å². The molecule has 3 rings (SSSR count). The largest absolute Gasteiger partial charge is 0.466 e. The molecule has 0 amide bonds. The SMILES string of the molecule is COC(=O)C(OC(=O)c1ccc(C)c2ncccc12)c1ccc(Cl)cc1Cl. The maximum absolute atomic E-state index is 12.8. The first kappa shape index (κ1) is 19.1. The van der Waals surface area contributed by atoms with Gasteiger partial charge in [-0.1, -0.05) is 41.4 Å². The molecule has 5 nitrogen and oxygen atoms in total. The van der Waals surface area contributed by atoms with Gasteiger partial charge in [0.05, 0.1) is 18.2 Å². The Labute approximate surface area is 165 Å². The molecule has 138 valence electrons. The third kappa shape index (κ3) is 3.89. The van der Waals surface area contributed by atoms with Crippen LogP contribution in [0.2, 0.25) is 10.0 Å². The number of nitrogens with zero attached hydrogens (tertiary/aromatic N) is 1. The number of rotatable bonds is 4. The lowest BCUT2D eigenvalue weighted by atomic mass is 10.0. The highest BCUT2D eigenvalue weighted by Gasteiger charge is 2.29. The molecule has 0 N–H and O–H groups in total. The van der Waals surface area contributed by atoms with Crippen molar-refractivity contribution in [2.45, 2.75) is 13.0 Å². The van der Waals surface area contributed by atoms with E-state index in [1.54, 1.807) is 36.5 Å². The first-order chi connectivity index (χ1) is 12.9. The average molecular weight is 404 g/mol. The molecular weight excluding hydrogens is 389 g/mol. The molecule has 2 aromatic carbocycles. The molecule has 3 aromatic rings. The Morgan fingerprint density at radius 2 is 1.89 bits per heavy atom. The summed E-state index contributed by atoms with van der Waals surface area (Å²) in [6.07, 6.45) is 0.329. The maximum atomic E-state index is 12.8. The number of halogens is 2. The summed E-state index contributed by atoms with van der Waals surface area (Å²) in [5, 5.41) is 1.23. The van der Waals surface area contributed by atoms with Crippen molar-refractivity contribution in [2.75, 3.05) is 7.11 Å². The van der Waals surface area contributed by atoms with Gasteiger partial charge in [-0.15, -0.1) is 0 Å². The minimum atomic E-state index is -1.32. The number of methoxy groups -OCH3 is 1. The number of fused-ring (bicyclic) bond motifs is 1. The molecular formula is C20H15Cl2NO4. The van der Waals surface area contributed by atoms with Gasteiger partial charge in [-0.2, -0.15) is 0 Å². The summed E-state index contributed by atoms with van der Waals surface area (Å²) in [6.45, 7) is 1.90. The van der Waals surface area contributed by atoms with E-state index in [1.807, 2.05) is 6.92 Å². The van der Waals surface area contributed by atoms with Gasteiger partial charge in [0, 0.05) is 27.2 Å². The highest BCUT2D eigenvalue weighted by molar-refractivity contribution is 6.35. The van der Waals surface area contributed by atoms with E-state index in [4.69, 9.17) is 32.7 Å². The Kier molecular flexibility index (Phi) is 5.63. The molecule has 0 aliphatic carbocycles. The molecule has 0 bridgehead atoms. The van der Waals surface area contributed by atoms with Gasteiger partial charge in [-0.3, -0.25) is 4.98 Å². The molecule has 0 aliphatic heterocycles. The summed E-state index contributed by atoms with van der Waals surface area (Å²) in [5.74, 6) is -1.43. The van der Waals surface area contributed by atoms with E-state index in [-0.39, 0.29) is 10.6 Å². The normalized spacial score (nSPS) is 11.9. The van der Waals surface area contributed by atoms with Gasteiger partial charge in [0.1, 0.15) is 0 Å². The van der Waals surface area contributed by atoms with Crippen LogP contribution in [0.5, 0.6) is 0 Å². The molecule has 0 spiro atoms. The Morgan fingerprint density at radius 1 is 1.11 bits per heavy atom. The third-order valence-electron chi connectivity index (χ3n) is 4.08.